The third kappa shape index (κ3) is 4.54. The van der Waals surface area contributed by atoms with Gasteiger partial charge in [0.25, 0.3) is 0 Å². The van der Waals surface area contributed by atoms with E-state index in [4.69, 9.17) is 5.11 Å². The lowest BCUT2D eigenvalue weighted by atomic mass is 10.1. The van der Waals surface area contributed by atoms with Crippen LogP contribution in [0.4, 0.5) is 0 Å². The summed E-state index contributed by atoms with van der Waals surface area (Å²) in [5.41, 5.74) is 2.96. The van der Waals surface area contributed by atoms with Gasteiger partial charge in [-0.1, -0.05) is 30.4 Å². The molecule has 0 bridgehead atoms. The van der Waals surface area contributed by atoms with Gasteiger partial charge in [0.2, 0.25) is 0 Å². The molecule has 0 atom stereocenters. The number of aliphatic hydroxyl groups excluding tert-OH is 2. The van der Waals surface area contributed by atoms with E-state index in [1.807, 2.05) is 30.5 Å². The first-order valence-electron chi connectivity index (χ1n) is 8.36. The van der Waals surface area contributed by atoms with Crippen molar-refractivity contribution < 1.29 is 20.1 Å². The number of ketones is 1. The second-order valence-corrected chi connectivity index (χ2v) is 5.97. The van der Waals surface area contributed by atoms with Crippen LogP contribution in [0.3, 0.4) is 0 Å². The van der Waals surface area contributed by atoms with Gasteiger partial charge in [-0.25, -0.2) is 0 Å². The molecular formula is C22H19NO4. The monoisotopic (exact) mass is 361 g/mol. The molecule has 136 valence electrons. The Morgan fingerprint density at radius 1 is 1.07 bits per heavy atom. The number of aromatic amines is 1. The topological polar surface area (TPSA) is 93.5 Å². The van der Waals surface area contributed by atoms with Crippen LogP contribution in [0.2, 0.25) is 0 Å². The van der Waals surface area contributed by atoms with Gasteiger partial charge in [-0.15, -0.1) is 0 Å². The summed E-state index contributed by atoms with van der Waals surface area (Å²) < 4.78 is 0. The Hall–Kier alpha value is -3.57. The first-order valence-corrected chi connectivity index (χ1v) is 8.36. The number of carbonyl (C=O) groups is 1. The lowest BCUT2D eigenvalue weighted by Gasteiger charge is -2.01. The molecule has 0 spiro atoms. The Kier molecular flexibility index (Phi) is 5.54. The van der Waals surface area contributed by atoms with Crippen molar-refractivity contribution in [2.75, 3.05) is 0 Å². The molecule has 1 heterocycles. The fraction of sp³-hybridized carbons (Fsp3) is 0.0455. The van der Waals surface area contributed by atoms with Crippen LogP contribution in [0.1, 0.15) is 16.7 Å². The number of carbonyl (C=O) groups excluding carboxylic acids is 1. The van der Waals surface area contributed by atoms with Crippen molar-refractivity contribution in [3.05, 3.63) is 89.3 Å². The highest BCUT2D eigenvalue weighted by atomic mass is 16.3. The van der Waals surface area contributed by atoms with E-state index >= 15 is 0 Å². The number of aromatic hydroxyl groups is 1. The molecule has 1 aromatic heterocycles. The molecule has 0 aliphatic heterocycles. The molecule has 3 aromatic rings. The minimum absolute atomic E-state index is 0.00101. The van der Waals surface area contributed by atoms with E-state index in [0.29, 0.717) is 11.1 Å². The number of aliphatic hydroxyl groups is 2. The number of H-pyrrole nitrogens is 1. The third-order valence-corrected chi connectivity index (χ3v) is 4.07. The summed E-state index contributed by atoms with van der Waals surface area (Å²) in [6, 6.07) is 12.4. The Morgan fingerprint density at radius 2 is 1.93 bits per heavy atom. The molecule has 4 N–H and O–H groups in total. The maximum absolute atomic E-state index is 12.0. The number of phenols is 1. The first-order chi connectivity index (χ1) is 13.1. The average molecular weight is 361 g/mol. The minimum Gasteiger partial charge on any atom is -0.508 e. The zero-order chi connectivity index (χ0) is 19.2. The number of hydrogen-bond acceptors (Lipinski definition) is 4. The Morgan fingerprint density at radius 3 is 2.74 bits per heavy atom. The SMILES string of the molecule is O=C(/C=C(O)/C=C/c1cccc2[nH]ccc12)/C=C/c1ccc(O)c(CO)c1. The number of rotatable bonds is 6. The van der Waals surface area contributed by atoms with Gasteiger partial charge in [-0.3, -0.25) is 4.79 Å². The van der Waals surface area contributed by atoms with Gasteiger partial charge in [0.15, 0.2) is 5.78 Å². The van der Waals surface area contributed by atoms with Crippen LogP contribution in [0.15, 0.2) is 72.6 Å². The van der Waals surface area contributed by atoms with Gasteiger partial charge in [0.05, 0.1) is 6.61 Å². The lowest BCUT2D eigenvalue weighted by Crippen LogP contribution is -1.89. The van der Waals surface area contributed by atoms with E-state index in [-0.39, 0.29) is 23.9 Å². The number of benzene rings is 2. The largest absolute Gasteiger partial charge is 0.508 e. The van der Waals surface area contributed by atoms with Crippen molar-refractivity contribution in [2.24, 2.45) is 0 Å². The van der Waals surface area contributed by atoms with Crippen molar-refractivity contribution in [1.29, 1.82) is 0 Å². The first kappa shape index (κ1) is 18.2. The predicted molar refractivity (Wildman–Crippen MR) is 106 cm³/mol. The second kappa shape index (κ2) is 8.21. The van der Waals surface area contributed by atoms with Crippen LogP contribution in [-0.2, 0) is 11.4 Å². The number of fused-ring (bicyclic) bond motifs is 1. The summed E-state index contributed by atoms with van der Waals surface area (Å²) in [6.45, 7) is -0.291. The molecule has 0 unspecified atom stereocenters. The zero-order valence-corrected chi connectivity index (χ0v) is 14.5. The lowest BCUT2D eigenvalue weighted by molar-refractivity contribution is -0.110. The maximum atomic E-state index is 12.0. The number of allylic oxidation sites excluding steroid dienone is 3. The van der Waals surface area contributed by atoms with Crippen LogP contribution in [-0.4, -0.2) is 26.1 Å². The number of hydrogen-bond donors (Lipinski definition) is 4. The van der Waals surface area contributed by atoms with Crippen LogP contribution in [0.5, 0.6) is 5.75 Å². The normalized spacial score (nSPS) is 12.4. The van der Waals surface area contributed by atoms with E-state index in [0.717, 1.165) is 22.5 Å². The summed E-state index contributed by atoms with van der Waals surface area (Å²) in [4.78, 5) is 15.1. The maximum Gasteiger partial charge on any atom is 0.182 e. The molecule has 0 aliphatic rings. The molecule has 0 saturated heterocycles. The molecule has 0 amide bonds. The molecule has 2 aromatic carbocycles. The smallest absolute Gasteiger partial charge is 0.182 e. The summed E-state index contributed by atoms with van der Waals surface area (Å²) in [5, 5.41) is 29.7. The molecule has 5 nitrogen and oxygen atoms in total. The van der Waals surface area contributed by atoms with Gasteiger partial charge < -0.3 is 20.3 Å². The number of aromatic nitrogens is 1. The molecule has 0 aliphatic carbocycles. The Bertz CT molecular complexity index is 1060. The van der Waals surface area contributed by atoms with Crippen molar-refractivity contribution in [3.8, 4) is 5.75 Å². The van der Waals surface area contributed by atoms with Crippen molar-refractivity contribution >= 4 is 28.8 Å². The van der Waals surface area contributed by atoms with E-state index in [2.05, 4.69) is 4.98 Å². The highest BCUT2D eigenvalue weighted by Gasteiger charge is 2.01. The number of nitrogens with one attached hydrogen (secondary N) is 1. The molecule has 3 rings (SSSR count). The van der Waals surface area contributed by atoms with Gasteiger partial charge in [-0.05, 0) is 47.5 Å². The molecule has 27 heavy (non-hydrogen) atoms. The van der Waals surface area contributed by atoms with Gasteiger partial charge in [-0.2, -0.15) is 0 Å². The van der Waals surface area contributed by atoms with Gasteiger partial charge in [0.1, 0.15) is 11.5 Å². The highest BCUT2D eigenvalue weighted by molar-refractivity contribution is 6.02. The van der Waals surface area contributed by atoms with Crippen LogP contribution >= 0.6 is 0 Å². The van der Waals surface area contributed by atoms with Crippen molar-refractivity contribution in [1.82, 2.24) is 4.98 Å². The van der Waals surface area contributed by atoms with Crippen LogP contribution < -0.4 is 0 Å². The Labute approximate surface area is 156 Å². The van der Waals surface area contributed by atoms with E-state index in [1.165, 1.54) is 18.2 Å². The minimum atomic E-state index is -0.379. The molecule has 0 fully saturated rings. The van der Waals surface area contributed by atoms with E-state index in [9.17, 15) is 15.0 Å². The van der Waals surface area contributed by atoms with Gasteiger partial charge >= 0.3 is 0 Å². The van der Waals surface area contributed by atoms with Gasteiger partial charge in [0, 0.05) is 28.7 Å². The predicted octanol–water partition coefficient (Wildman–Crippen LogP) is 4.10. The molecule has 0 radical (unpaired) electrons. The van der Waals surface area contributed by atoms with E-state index in [1.54, 1.807) is 24.3 Å². The van der Waals surface area contributed by atoms with E-state index < -0.39 is 0 Å². The third-order valence-electron chi connectivity index (χ3n) is 4.07. The zero-order valence-electron chi connectivity index (χ0n) is 14.5. The highest BCUT2D eigenvalue weighted by Crippen LogP contribution is 2.20. The molecule has 0 saturated carbocycles. The van der Waals surface area contributed by atoms with Crippen molar-refractivity contribution in [2.45, 2.75) is 6.61 Å². The quantitative estimate of drug-likeness (QED) is 0.302. The van der Waals surface area contributed by atoms with Crippen LogP contribution in [0, 0.1) is 0 Å². The van der Waals surface area contributed by atoms with Crippen molar-refractivity contribution in [3.63, 3.8) is 0 Å². The van der Waals surface area contributed by atoms with Crippen LogP contribution in [0.25, 0.3) is 23.1 Å². The fourth-order valence-corrected chi connectivity index (χ4v) is 2.69. The second-order valence-electron chi connectivity index (χ2n) is 5.97. The fourth-order valence-electron chi connectivity index (χ4n) is 2.69. The standard InChI is InChI=1S/C22H19NO4/c24-14-17-12-15(5-9-22(17)27)4-7-18(25)13-19(26)8-6-16-2-1-3-21-20(16)10-11-23-21/h1-13,23-24,26-27H,14H2/b7-4+,8-6+,19-13-. The summed E-state index contributed by atoms with van der Waals surface area (Å²) in [7, 11) is 0. The summed E-state index contributed by atoms with van der Waals surface area (Å²) >= 11 is 0. The summed E-state index contributed by atoms with van der Waals surface area (Å²) in [5.74, 6) is -0.532. The average Bonchev–Trinajstić information content (AvgIpc) is 3.15. The molecule has 5 heteroatoms. The summed E-state index contributed by atoms with van der Waals surface area (Å²) in [6.07, 6.45) is 9.04. The Balaban J connectivity index is 1.70. The molecular weight excluding hydrogens is 342 g/mol.